The van der Waals surface area contributed by atoms with Crippen molar-refractivity contribution in [2.45, 2.75) is 162 Å². The Bertz CT molecular complexity index is 535. The molecule has 0 aromatic carbocycles. The van der Waals surface area contributed by atoms with E-state index in [4.69, 9.17) is 0 Å². The third-order valence-electron chi connectivity index (χ3n) is 11.7. The van der Waals surface area contributed by atoms with Gasteiger partial charge < -0.3 is 0 Å². The second kappa shape index (κ2) is 14.1. The summed E-state index contributed by atoms with van der Waals surface area (Å²) in [7, 11) is 0. The maximum Gasteiger partial charge on any atom is -0.0357 e. The second-order valence-electron chi connectivity index (χ2n) is 14.4. The van der Waals surface area contributed by atoms with E-state index >= 15 is 0 Å². The fourth-order valence-electron chi connectivity index (χ4n) is 9.66. The quantitative estimate of drug-likeness (QED) is 0.384. The van der Waals surface area contributed by atoms with Crippen LogP contribution in [0.5, 0.6) is 0 Å². The summed E-state index contributed by atoms with van der Waals surface area (Å²) < 4.78 is 0. The van der Waals surface area contributed by atoms with Crippen LogP contribution in [0.25, 0.3) is 0 Å². The van der Waals surface area contributed by atoms with Crippen LogP contribution in [-0.2, 0) is 0 Å². The molecule has 0 heteroatoms. The molecule has 0 N–H and O–H groups in total. The molecule has 5 fully saturated rings. The molecule has 198 valence electrons. The molecule has 0 saturated heterocycles. The molecule has 5 aliphatic carbocycles. The molecule has 0 nitrogen and oxygen atoms in total. The maximum atomic E-state index is 2.60. The molecule has 5 saturated carbocycles. The molecule has 5 rings (SSSR count). The molecule has 0 radical (unpaired) electrons. The molecule has 34 heavy (non-hydrogen) atoms. The second-order valence-corrected chi connectivity index (χ2v) is 14.4. The Balaban J connectivity index is 0.000000192. The smallest absolute Gasteiger partial charge is 0.0357 e. The average molecular weight is 471 g/mol. The molecular weight excluding hydrogens is 408 g/mol. The highest BCUT2D eigenvalue weighted by Crippen LogP contribution is 2.49. The van der Waals surface area contributed by atoms with Gasteiger partial charge >= 0.3 is 0 Å². The van der Waals surface area contributed by atoms with Crippen LogP contribution in [0.2, 0.25) is 0 Å². The summed E-state index contributed by atoms with van der Waals surface area (Å²) in [4.78, 5) is 0. The largest absolute Gasteiger partial charge is 0.0625 e. The summed E-state index contributed by atoms with van der Waals surface area (Å²) in [6.45, 7) is 7.57. The minimum atomic E-state index is 0.990. The van der Waals surface area contributed by atoms with Gasteiger partial charge in [0.25, 0.3) is 0 Å². The molecule has 0 bridgehead atoms. The predicted octanol–water partition coefficient (Wildman–Crippen LogP) is 11.2. The minimum absolute atomic E-state index is 0.990. The van der Waals surface area contributed by atoms with E-state index < -0.39 is 0 Å². The molecule has 0 aliphatic heterocycles. The summed E-state index contributed by atoms with van der Waals surface area (Å²) in [5.41, 5.74) is 0. The lowest BCUT2D eigenvalue weighted by Crippen LogP contribution is -2.20. The van der Waals surface area contributed by atoms with Gasteiger partial charge in [0.05, 0.1) is 0 Å². The Morgan fingerprint density at radius 3 is 1.38 bits per heavy atom. The lowest BCUT2D eigenvalue weighted by atomic mass is 9.75. The first kappa shape index (κ1) is 27.0. The summed E-state index contributed by atoms with van der Waals surface area (Å²) in [6, 6.07) is 0. The van der Waals surface area contributed by atoms with Crippen LogP contribution in [0.15, 0.2) is 0 Å². The van der Waals surface area contributed by atoms with Gasteiger partial charge in [0.1, 0.15) is 0 Å². The van der Waals surface area contributed by atoms with Crippen molar-refractivity contribution in [2.75, 3.05) is 0 Å². The van der Waals surface area contributed by atoms with Crippen LogP contribution in [0.3, 0.4) is 0 Å². The molecular formula is C34H62. The number of rotatable bonds is 3. The van der Waals surface area contributed by atoms with Crippen molar-refractivity contribution >= 4 is 0 Å². The van der Waals surface area contributed by atoms with Crippen molar-refractivity contribution in [3.8, 4) is 0 Å². The van der Waals surface area contributed by atoms with Crippen molar-refractivity contribution in [1.82, 2.24) is 0 Å². The number of hydrogen-bond donors (Lipinski definition) is 0. The minimum Gasteiger partial charge on any atom is -0.0625 e. The lowest BCUT2D eigenvalue weighted by Gasteiger charge is -2.30. The predicted molar refractivity (Wildman–Crippen MR) is 150 cm³/mol. The van der Waals surface area contributed by atoms with Gasteiger partial charge in [-0.15, -0.1) is 0 Å². The molecule has 0 aromatic heterocycles. The monoisotopic (exact) mass is 470 g/mol. The van der Waals surface area contributed by atoms with Gasteiger partial charge in [0.15, 0.2) is 0 Å². The first-order chi connectivity index (χ1) is 16.6. The topological polar surface area (TPSA) is 0 Å². The highest BCUT2D eigenvalue weighted by Gasteiger charge is 2.39. The van der Waals surface area contributed by atoms with Crippen molar-refractivity contribution < 1.29 is 0 Å². The van der Waals surface area contributed by atoms with E-state index in [0.29, 0.717) is 0 Å². The van der Waals surface area contributed by atoms with Crippen molar-refractivity contribution in [2.24, 2.45) is 53.3 Å². The fraction of sp³-hybridized carbons (Fsp3) is 1.00. The average Bonchev–Trinajstić information content (AvgIpc) is 3.49. The van der Waals surface area contributed by atoms with Gasteiger partial charge in [-0.3, -0.25) is 0 Å². The van der Waals surface area contributed by atoms with E-state index in [1.165, 1.54) is 77.0 Å². The van der Waals surface area contributed by atoms with Crippen LogP contribution < -0.4 is 0 Å². The van der Waals surface area contributed by atoms with E-state index in [-0.39, 0.29) is 0 Å². The van der Waals surface area contributed by atoms with Crippen molar-refractivity contribution in [3.63, 3.8) is 0 Å². The first-order valence-corrected chi connectivity index (χ1v) is 16.6. The van der Waals surface area contributed by atoms with Gasteiger partial charge in [-0.25, -0.2) is 0 Å². The Kier molecular flexibility index (Phi) is 11.2. The molecule has 7 unspecified atom stereocenters. The van der Waals surface area contributed by atoms with Crippen LogP contribution in [-0.4, -0.2) is 0 Å². The zero-order chi connectivity index (χ0) is 23.8. The summed E-state index contributed by atoms with van der Waals surface area (Å²) >= 11 is 0. The van der Waals surface area contributed by atoms with Crippen LogP contribution >= 0.6 is 0 Å². The van der Waals surface area contributed by atoms with Crippen LogP contribution in [0.4, 0.5) is 0 Å². The Labute approximate surface area is 215 Å². The number of hydrogen-bond acceptors (Lipinski definition) is 0. The normalized spacial score (nSPS) is 41.2. The highest BCUT2D eigenvalue weighted by atomic mass is 14.4. The Hall–Kier alpha value is 0. The molecule has 0 spiro atoms. The van der Waals surface area contributed by atoms with E-state index in [1.54, 1.807) is 64.2 Å². The third kappa shape index (κ3) is 8.00. The molecule has 7 atom stereocenters. The Morgan fingerprint density at radius 2 is 0.794 bits per heavy atom. The first-order valence-electron chi connectivity index (χ1n) is 16.6. The standard InChI is InChI=1S/C22H40.C12H22/c1-17-10-6-3-4-7-13-20(14-17)22-16-21(15-18(22)2)19-11-8-5-9-12-19;1-10-7-8-12(9-10)11-5-3-2-4-6-11/h17-22H,3-16H2,1-2H3;10-12H,2-9H2,1H3. The van der Waals surface area contributed by atoms with Gasteiger partial charge in [0.2, 0.25) is 0 Å². The zero-order valence-electron chi connectivity index (χ0n) is 23.8. The van der Waals surface area contributed by atoms with Crippen LogP contribution in [0.1, 0.15) is 162 Å². The van der Waals surface area contributed by atoms with Gasteiger partial charge in [0, 0.05) is 0 Å². The molecule has 0 amide bonds. The molecule has 0 aromatic rings. The van der Waals surface area contributed by atoms with E-state index in [0.717, 1.165) is 53.3 Å². The maximum absolute atomic E-state index is 2.60. The van der Waals surface area contributed by atoms with E-state index in [2.05, 4.69) is 20.8 Å². The fourth-order valence-corrected chi connectivity index (χ4v) is 9.66. The van der Waals surface area contributed by atoms with E-state index in [1.807, 2.05) is 0 Å². The SMILES string of the molecule is CC1CCC(C2CCCCC2)C1.CC1CCCCCCC(C2CC(C3CCCCC3)CC2C)C1. The highest BCUT2D eigenvalue weighted by molar-refractivity contribution is 4.90. The summed E-state index contributed by atoms with van der Waals surface area (Å²) in [6.07, 6.45) is 33.8. The lowest BCUT2D eigenvalue weighted by molar-refractivity contribution is 0.203. The van der Waals surface area contributed by atoms with Crippen LogP contribution in [0, 0.1) is 53.3 Å². The van der Waals surface area contributed by atoms with Gasteiger partial charge in [-0.05, 0) is 85.4 Å². The molecule has 5 aliphatic rings. The van der Waals surface area contributed by atoms with E-state index in [9.17, 15) is 0 Å². The summed E-state index contributed by atoms with van der Waals surface area (Å²) in [5.74, 6) is 9.65. The molecule has 0 heterocycles. The Morgan fingerprint density at radius 1 is 0.324 bits per heavy atom. The van der Waals surface area contributed by atoms with Crippen molar-refractivity contribution in [3.05, 3.63) is 0 Å². The zero-order valence-corrected chi connectivity index (χ0v) is 23.8. The third-order valence-corrected chi connectivity index (χ3v) is 11.7. The van der Waals surface area contributed by atoms with Gasteiger partial charge in [-0.1, -0.05) is 130 Å². The summed E-state index contributed by atoms with van der Waals surface area (Å²) in [5, 5.41) is 0. The van der Waals surface area contributed by atoms with Crippen molar-refractivity contribution in [1.29, 1.82) is 0 Å². The van der Waals surface area contributed by atoms with Gasteiger partial charge in [-0.2, -0.15) is 0 Å².